The van der Waals surface area contributed by atoms with Gasteiger partial charge < -0.3 is 70.1 Å². The zero-order chi connectivity index (χ0) is 105. The summed E-state index contributed by atoms with van der Waals surface area (Å²) in [6.07, 6.45) is 0. The molecule has 142 heavy (non-hydrogen) atoms. The van der Waals surface area contributed by atoms with Crippen LogP contribution < -0.4 is 63.8 Å². The van der Waals surface area contributed by atoms with Gasteiger partial charge in [0.25, 0.3) is 76.9 Å². The summed E-state index contributed by atoms with van der Waals surface area (Å²) in [5, 5.41) is 62.7. The molecule has 19 N–H and O–H groups in total. The van der Waals surface area contributed by atoms with Crippen molar-refractivity contribution in [2.75, 3.05) is 63.8 Å². The van der Waals surface area contributed by atoms with Gasteiger partial charge in [0.2, 0.25) is 0 Å². The monoisotopic (exact) mass is 2160 g/mol. The van der Waals surface area contributed by atoms with Crippen LogP contribution in [0.15, 0.2) is 182 Å². The molecule has 0 saturated heterocycles. The Bertz CT molecular complexity index is 6490. The maximum absolute atomic E-state index is 12.5. The number of imide groups is 6. The number of hydrogen-bond donors (Lipinski definition) is 13. The molecule has 6 aliphatic rings. The van der Waals surface area contributed by atoms with E-state index in [-0.39, 0.29) is 229 Å². The molecule has 0 unspecified atom stereocenters. The van der Waals surface area contributed by atoms with Crippen LogP contribution in [-0.2, 0) is 4.79 Å². The van der Waals surface area contributed by atoms with Gasteiger partial charge in [-0.25, -0.2) is 58.2 Å². The Labute approximate surface area is 853 Å². The van der Waals surface area contributed by atoms with Gasteiger partial charge >= 0.3 is 35.8 Å². The SMILES string of the molecule is CC(=O)O.Nc1c(Cl)cc(N2C(=O)c3ccc(C(=O)O)cc3C2=O)cc1Cl.Nc1c(Cl)cc(N2C(=O)c3ccc(C(=O)O)cc3C2=O)cc1Cl.Nc1c(Cl)cc(N2C(=O)c3ccc(C(=O)O)cc3C2=O)cc1Cl.Nc1c(Cl)cc(N2C(=O)c3ccc(C(=O)O)cc3C2=O)cc1Cl.Nc1c(Cl)cc(N2C(=O)c3ccc(C(=O)O)cc3C2=O)cc1Cl.Nc1c(Cl)cc(N2C(=O)c3ccc(C(=O)O)cc3C2=O)cc1Cl. The molecular formula is C92H52Cl12N12O26. The number of fused-ring (bicyclic) bond motifs is 6. The first-order valence-electron chi connectivity index (χ1n) is 38.8. The van der Waals surface area contributed by atoms with Gasteiger partial charge in [-0.15, -0.1) is 0 Å². The van der Waals surface area contributed by atoms with Gasteiger partial charge in [0.15, 0.2) is 0 Å². The molecule has 0 fully saturated rings. The number of amides is 12. The first kappa shape index (κ1) is 105. The van der Waals surface area contributed by atoms with Crippen molar-refractivity contribution in [3.05, 3.63) is 342 Å². The van der Waals surface area contributed by atoms with Gasteiger partial charge in [0.05, 0.1) is 229 Å². The van der Waals surface area contributed by atoms with Crippen molar-refractivity contribution < 1.29 is 127 Å². The molecule has 0 bridgehead atoms. The van der Waals surface area contributed by atoms with Crippen molar-refractivity contribution in [1.29, 1.82) is 0 Å². The Morgan fingerprint density at radius 2 is 0.275 bits per heavy atom. The quantitative estimate of drug-likeness (QED) is 0.0399. The molecule has 38 nitrogen and oxygen atoms in total. The van der Waals surface area contributed by atoms with Crippen LogP contribution in [0.2, 0.25) is 60.3 Å². The summed E-state index contributed by atoms with van der Waals surface area (Å²) in [4.78, 5) is 230. The van der Waals surface area contributed by atoms with Crippen LogP contribution >= 0.6 is 139 Å². The van der Waals surface area contributed by atoms with Gasteiger partial charge in [-0.3, -0.25) is 62.3 Å². The van der Waals surface area contributed by atoms with Gasteiger partial charge in [-0.2, -0.15) is 0 Å². The molecule has 6 heterocycles. The number of carboxylic acids is 7. The maximum Gasteiger partial charge on any atom is 0.335 e. The number of carbonyl (C=O) groups excluding carboxylic acids is 12. The summed E-state index contributed by atoms with van der Waals surface area (Å²) >= 11 is 71.2. The highest BCUT2D eigenvalue weighted by atomic mass is 35.5. The second-order valence-electron chi connectivity index (χ2n) is 29.5. The van der Waals surface area contributed by atoms with Crippen molar-refractivity contribution in [1.82, 2.24) is 0 Å². The van der Waals surface area contributed by atoms with Crippen LogP contribution in [0.25, 0.3) is 0 Å². The molecule has 0 saturated carbocycles. The number of carbonyl (C=O) groups is 19. The number of nitrogens with zero attached hydrogens (tertiary/aromatic N) is 6. The van der Waals surface area contributed by atoms with Gasteiger partial charge in [0, 0.05) is 6.92 Å². The van der Waals surface area contributed by atoms with Crippen LogP contribution in [0, 0.1) is 0 Å². The highest BCUT2D eigenvalue weighted by molar-refractivity contribution is 6.47. The summed E-state index contributed by atoms with van der Waals surface area (Å²) < 4.78 is 0. The second kappa shape index (κ2) is 41.6. The molecule has 12 aromatic carbocycles. The molecule has 0 radical (unpaired) electrons. The molecule has 18 rings (SSSR count). The third kappa shape index (κ3) is 20.6. The maximum atomic E-state index is 12.5. The van der Waals surface area contributed by atoms with Gasteiger partial charge in [-0.1, -0.05) is 139 Å². The number of benzene rings is 12. The summed E-state index contributed by atoms with van der Waals surface area (Å²) in [7, 11) is 0. The standard InChI is InChI=1S/6C15H8Cl2N2O4.C2H4O2/c6*16-10-4-7(5-11(17)12(10)18)19-13(20)8-2-1-6(15(22)23)3-9(8)14(19)21;1-2(3)4/h6*1-5H,18H2,(H,22,23);1H3,(H,3,4). The van der Waals surface area contributed by atoms with E-state index in [0.29, 0.717) is 0 Å². The Morgan fingerprint density at radius 3 is 0.366 bits per heavy atom. The zero-order valence-corrected chi connectivity index (χ0v) is 79.5. The molecule has 0 atom stereocenters. The third-order valence-corrected chi connectivity index (χ3v) is 24.5. The van der Waals surface area contributed by atoms with Crippen LogP contribution in [0.5, 0.6) is 0 Å². The van der Waals surface area contributed by atoms with Crippen molar-refractivity contribution >= 4 is 320 Å². The first-order valence-corrected chi connectivity index (χ1v) is 43.4. The van der Waals surface area contributed by atoms with E-state index in [9.17, 15) is 86.3 Å². The van der Waals surface area contributed by atoms with Crippen molar-refractivity contribution in [3.63, 3.8) is 0 Å². The summed E-state index contributed by atoms with van der Waals surface area (Å²) in [6, 6.07) is 38.6. The predicted molar refractivity (Wildman–Crippen MR) is 526 cm³/mol. The lowest BCUT2D eigenvalue weighted by molar-refractivity contribution is -0.134. The number of nitrogen functional groups attached to an aromatic ring is 6. The van der Waals surface area contributed by atoms with Crippen molar-refractivity contribution in [2.45, 2.75) is 6.92 Å². The minimum Gasteiger partial charge on any atom is -0.481 e. The van der Waals surface area contributed by atoms with Gasteiger partial charge in [0.1, 0.15) is 0 Å². The minimum atomic E-state index is -1.19. The highest BCUT2D eigenvalue weighted by Gasteiger charge is 2.45. The van der Waals surface area contributed by atoms with Crippen LogP contribution in [0.3, 0.4) is 0 Å². The lowest BCUT2D eigenvalue weighted by Gasteiger charge is -2.15. The van der Waals surface area contributed by atoms with Crippen molar-refractivity contribution in [3.8, 4) is 0 Å². The molecule has 0 aliphatic carbocycles. The van der Waals surface area contributed by atoms with E-state index in [1.807, 2.05) is 0 Å². The fourth-order valence-electron chi connectivity index (χ4n) is 13.9. The van der Waals surface area contributed by atoms with E-state index in [0.717, 1.165) is 36.3 Å². The molecule has 6 aliphatic heterocycles. The molecule has 12 aromatic rings. The third-order valence-electron chi connectivity index (χ3n) is 20.7. The Kier molecular flexibility index (Phi) is 30.8. The number of aromatic carboxylic acids is 6. The number of aliphatic carboxylic acids is 1. The Morgan fingerprint density at radius 1 is 0.183 bits per heavy atom. The highest BCUT2D eigenvalue weighted by Crippen LogP contribution is 2.45. The van der Waals surface area contributed by atoms with Crippen LogP contribution in [-0.4, -0.2) is 148 Å². The fourth-order valence-corrected chi connectivity index (χ4v) is 16.7. The number of anilines is 12. The molecule has 0 aromatic heterocycles. The Hall–Kier alpha value is -16.0. The largest absolute Gasteiger partial charge is 0.481 e. The van der Waals surface area contributed by atoms with Gasteiger partial charge in [-0.05, 0) is 182 Å². The number of carboxylic acid groups (broad SMARTS) is 7. The minimum absolute atomic E-state index is 0.0129. The number of rotatable bonds is 12. The number of nitrogens with two attached hydrogens (primary N) is 6. The topological polar surface area (TPSA) is 642 Å². The number of hydrogen-bond acceptors (Lipinski definition) is 25. The van der Waals surface area contributed by atoms with E-state index >= 15 is 0 Å². The van der Waals surface area contributed by atoms with Crippen LogP contribution in [0.4, 0.5) is 68.2 Å². The predicted octanol–water partition coefficient (Wildman–Crippen LogP) is 18.5. The molecule has 50 heteroatoms. The lowest BCUT2D eigenvalue weighted by Crippen LogP contribution is -2.29. The second-order valence-corrected chi connectivity index (χ2v) is 34.4. The van der Waals surface area contributed by atoms with Crippen molar-refractivity contribution in [2.24, 2.45) is 0 Å². The summed E-state index contributed by atoms with van der Waals surface area (Å²) in [5.41, 5.74) is 35.9. The zero-order valence-electron chi connectivity index (χ0n) is 70.4. The summed E-state index contributed by atoms with van der Waals surface area (Å²) in [6.45, 7) is 1.08. The lowest BCUT2D eigenvalue weighted by atomic mass is 10.1. The average molecular weight is 2170 g/mol. The smallest absolute Gasteiger partial charge is 0.335 e. The Balaban J connectivity index is 0.000000151. The molecule has 720 valence electrons. The average Bonchev–Trinajstić information content (AvgIpc) is 1.63. The van der Waals surface area contributed by atoms with E-state index in [1.54, 1.807) is 0 Å². The van der Waals surface area contributed by atoms with E-state index in [1.165, 1.54) is 182 Å². The van der Waals surface area contributed by atoms with E-state index < -0.39 is 113 Å². The fraction of sp³-hybridized carbons (Fsp3) is 0.0109. The first-order chi connectivity index (χ1) is 66.6. The number of halogens is 12. The van der Waals surface area contributed by atoms with Crippen LogP contribution in [0.1, 0.15) is 193 Å². The van der Waals surface area contributed by atoms with E-state index in [2.05, 4.69) is 0 Å². The molecule has 12 amide bonds. The molecule has 0 spiro atoms. The summed E-state index contributed by atoms with van der Waals surface area (Å²) in [5.74, 6) is -15.4. The van der Waals surface area contributed by atoms with E-state index in [4.69, 9.17) is 214 Å². The normalized spacial score (nSPS) is 13.2. The molecular weight excluding hydrogens is 2110 g/mol.